The molecule has 0 aromatic carbocycles. The van der Waals surface area contributed by atoms with Crippen molar-refractivity contribution in [1.29, 1.82) is 0 Å². The first-order chi connectivity index (χ1) is 9.33. The third-order valence-corrected chi connectivity index (χ3v) is 3.94. The van der Waals surface area contributed by atoms with Crippen LogP contribution in [0, 0.1) is 6.92 Å². The van der Waals surface area contributed by atoms with E-state index < -0.39 is 0 Å². The quantitative estimate of drug-likeness (QED) is 0.864. The van der Waals surface area contributed by atoms with Gasteiger partial charge in [-0.05, 0) is 32.9 Å². The van der Waals surface area contributed by atoms with Gasteiger partial charge in [0.15, 0.2) is 0 Å². The van der Waals surface area contributed by atoms with Crippen LogP contribution in [0.15, 0.2) is 6.07 Å². The van der Waals surface area contributed by atoms with E-state index in [0.29, 0.717) is 5.92 Å². The molecule has 1 N–H and O–H groups in total. The highest BCUT2D eigenvalue weighted by atomic mass is 16.5. The van der Waals surface area contributed by atoms with Crippen molar-refractivity contribution in [1.82, 2.24) is 15.3 Å². The van der Waals surface area contributed by atoms with Gasteiger partial charge in [0, 0.05) is 30.8 Å². The largest absolute Gasteiger partial charge is 0.378 e. The molecule has 3 rings (SSSR count). The second-order valence-electron chi connectivity index (χ2n) is 5.32. The second-order valence-corrected chi connectivity index (χ2v) is 5.32. The average Bonchev–Trinajstić information content (AvgIpc) is 2.48. The minimum absolute atomic E-state index is 0.586. The minimum Gasteiger partial charge on any atom is -0.378 e. The molecule has 5 heteroatoms. The van der Waals surface area contributed by atoms with Crippen LogP contribution in [-0.2, 0) is 4.74 Å². The summed E-state index contributed by atoms with van der Waals surface area (Å²) in [4.78, 5) is 11.6. The molecule has 1 aromatic heterocycles. The summed E-state index contributed by atoms with van der Waals surface area (Å²) in [6.45, 7) is 7.65. The van der Waals surface area contributed by atoms with Gasteiger partial charge in [-0.15, -0.1) is 0 Å². The monoisotopic (exact) mass is 262 g/mol. The van der Waals surface area contributed by atoms with Crippen LogP contribution in [0.1, 0.15) is 30.3 Å². The molecule has 3 heterocycles. The van der Waals surface area contributed by atoms with E-state index in [1.165, 1.54) is 18.5 Å². The maximum atomic E-state index is 5.40. The summed E-state index contributed by atoms with van der Waals surface area (Å²) in [7, 11) is 0. The Kier molecular flexibility index (Phi) is 3.94. The third-order valence-electron chi connectivity index (χ3n) is 3.94. The second kappa shape index (κ2) is 5.84. The van der Waals surface area contributed by atoms with Crippen LogP contribution >= 0.6 is 0 Å². The van der Waals surface area contributed by atoms with Gasteiger partial charge < -0.3 is 15.0 Å². The number of aromatic nitrogens is 2. The van der Waals surface area contributed by atoms with Crippen LogP contribution in [-0.4, -0.2) is 49.4 Å². The van der Waals surface area contributed by atoms with Crippen molar-refractivity contribution < 1.29 is 4.74 Å². The van der Waals surface area contributed by atoms with Crippen LogP contribution in [0.5, 0.6) is 0 Å². The number of ether oxygens (including phenoxy) is 1. The normalized spacial score (nSPS) is 21.6. The van der Waals surface area contributed by atoms with Crippen molar-refractivity contribution >= 4 is 5.82 Å². The Hall–Kier alpha value is -1.20. The Morgan fingerprint density at radius 2 is 1.95 bits per heavy atom. The van der Waals surface area contributed by atoms with Crippen molar-refractivity contribution in [3.63, 3.8) is 0 Å². The Balaban J connectivity index is 1.82. The molecule has 2 fully saturated rings. The fourth-order valence-corrected chi connectivity index (χ4v) is 2.86. The molecule has 5 nitrogen and oxygen atoms in total. The number of aryl methyl sites for hydroxylation is 1. The van der Waals surface area contributed by atoms with Crippen LogP contribution in [0.2, 0.25) is 0 Å². The zero-order chi connectivity index (χ0) is 13.1. The van der Waals surface area contributed by atoms with Gasteiger partial charge in [0.05, 0.1) is 13.2 Å². The van der Waals surface area contributed by atoms with Crippen LogP contribution in [0.25, 0.3) is 0 Å². The van der Waals surface area contributed by atoms with Gasteiger partial charge in [-0.3, -0.25) is 0 Å². The van der Waals surface area contributed by atoms with Crippen LogP contribution in [0.4, 0.5) is 5.82 Å². The maximum absolute atomic E-state index is 5.40. The molecule has 0 aliphatic carbocycles. The van der Waals surface area contributed by atoms with Gasteiger partial charge >= 0.3 is 0 Å². The molecule has 0 atom stereocenters. The molecule has 104 valence electrons. The first-order valence-corrected chi connectivity index (χ1v) is 7.22. The zero-order valence-corrected chi connectivity index (χ0v) is 11.6. The van der Waals surface area contributed by atoms with Crippen molar-refractivity contribution in [2.24, 2.45) is 0 Å². The van der Waals surface area contributed by atoms with Gasteiger partial charge in [0.1, 0.15) is 11.6 Å². The Morgan fingerprint density at radius 3 is 2.68 bits per heavy atom. The summed E-state index contributed by atoms with van der Waals surface area (Å²) in [6.07, 6.45) is 2.36. The fraction of sp³-hybridized carbons (Fsp3) is 0.714. The molecular formula is C14H22N4O. The fourth-order valence-electron chi connectivity index (χ4n) is 2.86. The Morgan fingerprint density at radius 1 is 1.21 bits per heavy atom. The standard InChI is InChI=1S/C14H22N4O/c1-11-16-13(12-2-4-15-5-3-12)10-14(17-11)18-6-8-19-9-7-18/h10,12,15H,2-9H2,1H3. The zero-order valence-electron chi connectivity index (χ0n) is 11.6. The molecule has 0 saturated carbocycles. The Bertz CT molecular complexity index is 389. The number of hydrogen-bond donors (Lipinski definition) is 1. The van der Waals surface area contributed by atoms with Crippen molar-refractivity contribution in [2.75, 3.05) is 44.3 Å². The number of nitrogens with zero attached hydrogens (tertiary/aromatic N) is 3. The highest BCUT2D eigenvalue weighted by molar-refractivity contribution is 5.41. The first kappa shape index (κ1) is 12.8. The van der Waals surface area contributed by atoms with E-state index in [2.05, 4.69) is 26.3 Å². The minimum atomic E-state index is 0.586. The predicted molar refractivity (Wildman–Crippen MR) is 74.6 cm³/mol. The molecular weight excluding hydrogens is 240 g/mol. The lowest BCUT2D eigenvalue weighted by molar-refractivity contribution is 0.122. The molecule has 2 aliphatic heterocycles. The van der Waals surface area contributed by atoms with Crippen LogP contribution < -0.4 is 10.2 Å². The smallest absolute Gasteiger partial charge is 0.132 e. The van der Waals surface area contributed by atoms with E-state index in [4.69, 9.17) is 4.74 Å². The van der Waals surface area contributed by atoms with E-state index in [1.807, 2.05) is 6.92 Å². The summed E-state index contributed by atoms with van der Waals surface area (Å²) in [5.74, 6) is 2.55. The van der Waals surface area contributed by atoms with Gasteiger partial charge in [-0.25, -0.2) is 9.97 Å². The molecule has 0 bridgehead atoms. The molecule has 0 amide bonds. The molecule has 1 aromatic rings. The highest BCUT2D eigenvalue weighted by Gasteiger charge is 2.20. The van der Waals surface area contributed by atoms with Crippen molar-refractivity contribution in [2.45, 2.75) is 25.7 Å². The number of nitrogens with one attached hydrogen (secondary N) is 1. The summed E-state index contributed by atoms with van der Waals surface area (Å²) < 4.78 is 5.40. The molecule has 0 unspecified atom stereocenters. The lowest BCUT2D eigenvalue weighted by atomic mass is 9.94. The number of morpholine rings is 1. The number of anilines is 1. The topological polar surface area (TPSA) is 50.3 Å². The lowest BCUT2D eigenvalue weighted by Crippen LogP contribution is -2.37. The molecule has 19 heavy (non-hydrogen) atoms. The molecule has 2 aliphatic rings. The third kappa shape index (κ3) is 3.04. The Labute approximate surface area is 114 Å². The van der Waals surface area contributed by atoms with Gasteiger partial charge in [-0.1, -0.05) is 0 Å². The number of rotatable bonds is 2. The predicted octanol–water partition coefficient (Wildman–Crippen LogP) is 1.09. The van der Waals surface area contributed by atoms with Crippen molar-refractivity contribution in [3.05, 3.63) is 17.6 Å². The van der Waals surface area contributed by atoms with Gasteiger partial charge in [0.25, 0.3) is 0 Å². The first-order valence-electron chi connectivity index (χ1n) is 7.22. The van der Waals surface area contributed by atoms with E-state index in [1.54, 1.807) is 0 Å². The maximum Gasteiger partial charge on any atom is 0.132 e. The van der Waals surface area contributed by atoms with E-state index in [9.17, 15) is 0 Å². The van der Waals surface area contributed by atoms with E-state index in [-0.39, 0.29) is 0 Å². The molecule has 0 spiro atoms. The summed E-state index contributed by atoms with van der Waals surface area (Å²) in [5, 5.41) is 3.41. The summed E-state index contributed by atoms with van der Waals surface area (Å²) in [5.41, 5.74) is 1.22. The number of piperidine rings is 1. The summed E-state index contributed by atoms with van der Waals surface area (Å²) >= 11 is 0. The number of hydrogen-bond acceptors (Lipinski definition) is 5. The van der Waals surface area contributed by atoms with Gasteiger partial charge in [0.2, 0.25) is 0 Å². The average molecular weight is 262 g/mol. The highest BCUT2D eigenvalue weighted by Crippen LogP contribution is 2.26. The molecule has 0 radical (unpaired) electrons. The van der Waals surface area contributed by atoms with Gasteiger partial charge in [-0.2, -0.15) is 0 Å². The lowest BCUT2D eigenvalue weighted by Gasteiger charge is -2.29. The molecule has 2 saturated heterocycles. The van der Waals surface area contributed by atoms with E-state index >= 15 is 0 Å². The summed E-state index contributed by atoms with van der Waals surface area (Å²) in [6, 6.07) is 2.19. The SMILES string of the molecule is Cc1nc(C2CCNCC2)cc(N2CCOCC2)n1. The van der Waals surface area contributed by atoms with Crippen molar-refractivity contribution in [3.8, 4) is 0 Å². The van der Waals surface area contributed by atoms with E-state index in [0.717, 1.165) is 51.0 Å². The van der Waals surface area contributed by atoms with Crippen LogP contribution in [0.3, 0.4) is 0 Å².